The Morgan fingerprint density at radius 1 is 1.20 bits per heavy atom. The largest absolute Gasteiger partial charge is 0.323 e. The molecule has 1 aromatic carbocycles. The number of hydrogen-bond acceptors (Lipinski definition) is 2. The Labute approximate surface area is 117 Å². The number of carbonyl (C=O) groups is 2. The van der Waals surface area contributed by atoms with Crippen molar-refractivity contribution in [2.75, 3.05) is 16.8 Å². The molecule has 4 heteroatoms. The molecule has 4 rings (SSSR count). The molecule has 1 N–H and O–H groups in total. The summed E-state index contributed by atoms with van der Waals surface area (Å²) in [6, 6.07) is 7.51. The second-order valence-corrected chi connectivity index (χ2v) is 5.88. The number of rotatable bonds is 1. The van der Waals surface area contributed by atoms with Gasteiger partial charge in [-0.05, 0) is 36.8 Å². The molecule has 4 nitrogen and oxygen atoms in total. The third-order valence-electron chi connectivity index (χ3n) is 4.63. The fraction of sp³-hybridized carbons (Fsp3) is 0.375. The third-order valence-corrected chi connectivity index (χ3v) is 4.63. The minimum atomic E-state index is -0.115. The van der Waals surface area contributed by atoms with Crippen LogP contribution >= 0.6 is 0 Å². The van der Waals surface area contributed by atoms with E-state index in [1.54, 1.807) is 4.90 Å². The fourth-order valence-electron chi connectivity index (χ4n) is 3.69. The van der Waals surface area contributed by atoms with Crippen molar-refractivity contribution in [2.45, 2.75) is 12.8 Å². The predicted octanol–water partition coefficient (Wildman–Crippen LogP) is 2.18. The zero-order chi connectivity index (χ0) is 13.7. The highest BCUT2D eigenvalue weighted by Gasteiger charge is 2.42. The maximum atomic E-state index is 12.8. The van der Waals surface area contributed by atoms with Gasteiger partial charge in [0.05, 0.1) is 11.4 Å². The summed E-state index contributed by atoms with van der Waals surface area (Å²) < 4.78 is 0. The molecule has 1 heterocycles. The van der Waals surface area contributed by atoms with Gasteiger partial charge in [0.1, 0.15) is 6.54 Å². The van der Waals surface area contributed by atoms with E-state index in [1.807, 2.05) is 24.3 Å². The van der Waals surface area contributed by atoms with Crippen molar-refractivity contribution in [1.82, 2.24) is 0 Å². The second kappa shape index (κ2) is 4.20. The van der Waals surface area contributed by atoms with Crippen LogP contribution in [0.5, 0.6) is 0 Å². The van der Waals surface area contributed by atoms with E-state index in [0.29, 0.717) is 11.8 Å². The SMILES string of the molecule is O=C1CN(C(=O)C2CC3C=CC2C3)c2ccccc2N1. The first-order chi connectivity index (χ1) is 9.72. The Balaban J connectivity index is 1.67. The molecule has 2 bridgehead atoms. The molecule has 1 aromatic rings. The van der Waals surface area contributed by atoms with E-state index in [1.165, 1.54) is 0 Å². The quantitative estimate of drug-likeness (QED) is 0.794. The average Bonchev–Trinajstić information content (AvgIpc) is 3.08. The highest BCUT2D eigenvalue weighted by atomic mass is 16.2. The number of benzene rings is 1. The molecule has 2 aliphatic carbocycles. The zero-order valence-corrected chi connectivity index (χ0v) is 11.1. The molecule has 3 atom stereocenters. The summed E-state index contributed by atoms with van der Waals surface area (Å²) >= 11 is 0. The normalized spacial score (nSPS) is 30.3. The van der Waals surface area contributed by atoms with E-state index >= 15 is 0 Å². The average molecular weight is 268 g/mol. The van der Waals surface area contributed by atoms with Crippen LogP contribution in [0.4, 0.5) is 11.4 Å². The van der Waals surface area contributed by atoms with Crippen LogP contribution in [-0.2, 0) is 9.59 Å². The first kappa shape index (κ1) is 11.7. The number of anilines is 2. The van der Waals surface area contributed by atoms with Crippen LogP contribution in [0, 0.1) is 17.8 Å². The molecule has 1 fully saturated rings. The van der Waals surface area contributed by atoms with E-state index in [9.17, 15) is 9.59 Å². The van der Waals surface area contributed by atoms with E-state index < -0.39 is 0 Å². The minimum absolute atomic E-state index is 0.0453. The molecule has 1 aliphatic heterocycles. The lowest BCUT2D eigenvalue weighted by Gasteiger charge is -2.32. The molecule has 102 valence electrons. The van der Waals surface area contributed by atoms with Crippen LogP contribution in [0.15, 0.2) is 36.4 Å². The molecular formula is C16H16N2O2. The van der Waals surface area contributed by atoms with Crippen molar-refractivity contribution in [3.8, 4) is 0 Å². The van der Waals surface area contributed by atoms with Gasteiger partial charge in [-0.3, -0.25) is 9.59 Å². The number of nitrogens with one attached hydrogen (secondary N) is 1. The van der Waals surface area contributed by atoms with Gasteiger partial charge in [0.15, 0.2) is 0 Å². The van der Waals surface area contributed by atoms with Crippen LogP contribution in [0.2, 0.25) is 0 Å². The molecule has 0 aromatic heterocycles. The van der Waals surface area contributed by atoms with E-state index in [0.717, 1.165) is 24.2 Å². The number of amides is 2. The predicted molar refractivity (Wildman–Crippen MR) is 76.3 cm³/mol. The smallest absolute Gasteiger partial charge is 0.244 e. The van der Waals surface area contributed by atoms with E-state index in [2.05, 4.69) is 17.5 Å². The molecule has 3 aliphatic rings. The van der Waals surface area contributed by atoms with E-state index in [-0.39, 0.29) is 24.3 Å². The zero-order valence-electron chi connectivity index (χ0n) is 11.1. The van der Waals surface area contributed by atoms with Gasteiger partial charge in [-0.2, -0.15) is 0 Å². The lowest BCUT2D eigenvalue weighted by molar-refractivity contribution is -0.125. The van der Waals surface area contributed by atoms with Gasteiger partial charge in [0.25, 0.3) is 0 Å². The maximum Gasteiger partial charge on any atom is 0.244 e. The van der Waals surface area contributed by atoms with Gasteiger partial charge >= 0.3 is 0 Å². The van der Waals surface area contributed by atoms with Crippen LogP contribution in [0.1, 0.15) is 12.8 Å². The van der Waals surface area contributed by atoms with Crippen LogP contribution < -0.4 is 10.2 Å². The van der Waals surface area contributed by atoms with Crippen molar-refractivity contribution in [3.05, 3.63) is 36.4 Å². The molecule has 0 saturated heterocycles. The molecule has 3 unspecified atom stereocenters. The third kappa shape index (κ3) is 1.68. The summed E-state index contributed by atoms with van der Waals surface area (Å²) in [5.41, 5.74) is 1.56. The Hall–Kier alpha value is -2.10. The minimum Gasteiger partial charge on any atom is -0.323 e. The standard InChI is InChI=1S/C16H16N2O2/c19-15-9-18(14-4-2-1-3-13(14)17-15)16(20)12-8-10-5-6-11(12)7-10/h1-6,10-12H,7-9H2,(H,17,19). The van der Waals surface area contributed by atoms with Crippen molar-refractivity contribution < 1.29 is 9.59 Å². The molecule has 20 heavy (non-hydrogen) atoms. The summed E-state index contributed by atoms with van der Waals surface area (Å²) in [6.07, 6.45) is 6.43. The first-order valence-corrected chi connectivity index (χ1v) is 7.11. The Morgan fingerprint density at radius 3 is 2.80 bits per heavy atom. The molecule has 1 saturated carbocycles. The lowest BCUT2D eigenvalue weighted by atomic mass is 9.91. The number of para-hydroxylation sites is 2. The molecule has 0 spiro atoms. The van der Waals surface area contributed by atoms with Gasteiger partial charge in [-0.25, -0.2) is 0 Å². The monoisotopic (exact) mass is 268 g/mol. The van der Waals surface area contributed by atoms with E-state index in [4.69, 9.17) is 0 Å². The summed E-state index contributed by atoms with van der Waals surface area (Å²) in [6.45, 7) is 0.132. The number of hydrogen-bond donors (Lipinski definition) is 1. The summed E-state index contributed by atoms with van der Waals surface area (Å²) in [7, 11) is 0. The van der Waals surface area contributed by atoms with Gasteiger partial charge in [-0.15, -0.1) is 0 Å². The van der Waals surface area contributed by atoms with Gasteiger partial charge in [0, 0.05) is 5.92 Å². The maximum absolute atomic E-state index is 12.8. The van der Waals surface area contributed by atoms with Crippen molar-refractivity contribution in [1.29, 1.82) is 0 Å². The summed E-state index contributed by atoms with van der Waals surface area (Å²) in [5, 5.41) is 2.82. The van der Waals surface area contributed by atoms with Crippen LogP contribution in [0.25, 0.3) is 0 Å². The molecular weight excluding hydrogens is 252 g/mol. The van der Waals surface area contributed by atoms with Crippen LogP contribution in [-0.4, -0.2) is 18.4 Å². The highest BCUT2D eigenvalue weighted by Crippen LogP contribution is 2.45. The van der Waals surface area contributed by atoms with Crippen LogP contribution in [0.3, 0.4) is 0 Å². The van der Waals surface area contributed by atoms with Gasteiger partial charge in [0.2, 0.25) is 11.8 Å². The summed E-state index contributed by atoms with van der Waals surface area (Å²) in [4.78, 5) is 26.3. The summed E-state index contributed by atoms with van der Waals surface area (Å²) in [5.74, 6) is 0.955. The van der Waals surface area contributed by atoms with Gasteiger partial charge < -0.3 is 10.2 Å². The number of carbonyl (C=O) groups excluding carboxylic acids is 2. The number of nitrogens with zero attached hydrogens (tertiary/aromatic N) is 1. The number of allylic oxidation sites excluding steroid dienone is 2. The Kier molecular flexibility index (Phi) is 2.46. The first-order valence-electron chi connectivity index (χ1n) is 7.11. The Bertz CT molecular complexity index is 623. The Morgan fingerprint density at radius 2 is 2.05 bits per heavy atom. The van der Waals surface area contributed by atoms with Crippen molar-refractivity contribution in [3.63, 3.8) is 0 Å². The van der Waals surface area contributed by atoms with Gasteiger partial charge in [-0.1, -0.05) is 24.3 Å². The highest BCUT2D eigenvalue weighted by molar-refractivity contribution is 6.10. The molecule has 2 amide bonds. The topological polar surface area (TPSA) is 49.4 Å². The van der Waals surface area contributed by atoms with Crippen molar-refractivity contribution in [2.24, 2.45) is 17.8 Å². The number of fused-ring (bicyclic) bond motifs is 3. The lowest BCUT2D eigenvalue weighted by Crippen LogP contribution is -2.45. The van der Waals surface area contributed by atoms with Crippen molar-refractivity contribution >= 4 is 23.2 Å². The molecule has 0 radical (unpaired) electrons. The fourth-order valence-corrected chi connectivity index (χ4v) is 3.69. The second-order valence-electron chi connectivity index (χ2n) is 5.88.